The van der Waals surface area contributed by atoms with E-state index in [-0.39, 0.29) is 23.0 Å². The lowest BCUT2D eigenvalue weighted by Crippen LogP contribution is -2.21. The molecular weight excluding hydrogens is 374 g/mol. The summed E-state index contributed by atoms with van der Waals surface area (Å²) < 4.78 is 17.6. The minimum atomic E-state index is -0.406. The maximum absolute atomic E-state index is 13.0. The van der Waals surface area contributed by atoms with Crippen molar-refractivity contribution in [1.29, 1.82) is 0 Å². The van der Waals surface area contributed by atoms with Crippen LogP contribution in [-0.2, 0) is 6.54 Å². The number of nitrogens with zero attached hydrogens (tertiary/aromatic N) is 3. The van der Waals surface area contributed by atoms with Gasteiger partial charge in [-0.2, -0.15) is 4.98 Å². The quantitative estimate of drug-likeness (QED) is 0.554. The molecule has 0 aliphatic rings. The number of aromatic hydroxyl groups is 1. The van der Waals surface area contributed by atoms with Gasteiger partial charge < -0.3 is 23.7 Å². The number of para-hydroxylation sites is 2. The number of hydrogen-bond donors (Lipinski definition) is 1. The summed E-state index contributed by atoms with van der Waals surface area (Å²) in [6, 6.07) is 12.4. The molecule has 0 saturated carbocycles. The fourth-order valence-corrected chi connectivity index (χ4v) is 3.39. The van der Waals surface area contributed by atoms with E-state index in [9.17, 15) is 9.90 Å². The zero-order valence-electron chi connectivity index (χ0n) is 16.2. The van der Waals surface area contributed by atoms with Crippen LogP contribution in [0.4, 0.5) is 0 Å². The number of hydrogen-bond acceptors (Lipinski definition) is 7. The molecule has 0 amide bonds. The van der Waals surface area contributed by atoms with E-state index in [1.165, 1.54) is 14.2 Å². The fraction of sp³-hybridized carbons (Fsp3) is 0.190. The maximum Gasteiger partial charge on any atom is 0.267 e. The second-order valence-electron chi connectivity index (χ2n) is 6.25. The van der Waals surface area contributed by atoms with Crippen LogP contribution >= 0.6 is 0 Å². The largest absolute Gasteiger partial charge is 0.506 e. The predicted molar refractivity (Wildman–Crippen MR) is 107 cm³/mol. The Kier molecular flexibility index (Phi) is 4.67. The van der Waals surface area contributed by atoms with Gasteiger partial charge in [0.25, 0.3) is 11.4 Å². The normalized spacial score (nSPS) is 11.0. The van der Waals surface area contributed by atoms with Crippen LogP contribution in [0.1, 0.15) is 6.92 Å². The van der Waals surface area contributed by atoms with Crippen molar-refractivity contribution < 1.29 is 19.1 Å². The van der Waals surface area contributed by atoms with E-state index in [4.69, 9.17) is 14.0 Å². The summed E-state index contributed by atoms with van der Waals surface area (Å²) in [4.78, 5) is 17.4. The summed E-state index contributed by atoms with van der Waals surface area (Å²) in [7, 11) is 3.04. The van der Waals surface area contributed by atoms with E-state index in [0.29, 0.717) is 34.5 Å². The zero-order valence-corrected chi connectivity index (χ0v) is 16.2. The molecule has 29 heavy (non-hydrogen) atoms. The van der Waals surface area contributed by atoms with Gasteiger partial charge in [-0.05, 0) is 31.2 Å². The average molecular weight is 393 g/mol. The maximum atomic E-state index is 13.0. The first-order valence-electron chi connectivity index (χ1n) is 9.00. The molecule has 8 nitrogen and oxygen atoms in total. The first kappa shape index (κ1) is 18.5. The monoisotopic (exact) mass is 393 g/mol. The lowest BCUT2D eigenvalue weighted by Gasteiger charge is -2.11. The van der Waals surface area contributed by atoms with E-state index >= 15 is 0 Å². The third kappa shape index (κ3) is 2.89. The summed E-state index contributed by atoms with van der Waals surface area (Å²) in [6.45, 7) is 2.28. The number of aromatic nitrogens is 3. The highest BCUT2D eigenvalue weighted by atomic mass is 16.5. The average Bonchev–Trinajstić information content (AvgIpc) is 3.23. The van der Waals surface area contributed by atoms with Crippen LogP contribution < -0.4 is 15.0 Å². The van der Waals surface area contributed by atoms with E-state index < -0.39 is 5.56 Å². The Morgan fingerprint density at radius 3 is 2.62 bits per heavy atom. The Labute approximate surface area is 165 Å². The summed E-state index contributed by atoms with van der Waals surface area (Å²) in [6.07, 6.45) is 0. The summed E-state index contributed by atoms with van der Waals surface area (Å²) >= 11 is 0. The van der Waals surface area contributed by atoms with Crippen molar-refractivity contribution in [2.75, 3.05) is 14.2 Å². The van der Waals surface area contributed by atoms with Crippen molar-refractivity contribution in [2.24, 2.45) is 0 Å². The Hall–Kier alpha value is -3.81. The van der Waals surface area contributed by atoms with Gasteiger partial charge in [0.05, 0.1) is 25.3 Å². The first-order valence-corrected chi connectivity index (χ1v) is 9.00. The van der Waals surface area contributed by atoms with E-state index in [1.807, 2.05) is 13.0 Å². The topological polar surface area (TPSA) is 99.6 Å². The van der Waals surface area contributed by atoms with Crippen LogP contribution in [0, 0.1) is 0 Å². The van der Waals surface area contributed by atoms with Crippen LogP contribution in [-0.4, -0.2) is 34.0 Å². The molecule has 0 aliphatic heterocycles. The molecule has 0 radical (unpaired) electrons. The van der Waals surface area contributed by atoms with E-state index in [1.54, 1.807) is 41.0 Å². The van der Waals surface area contributed by atoms with Gasteiger partial charge in [-0.25, -0.2) is 0 Å². The van der Waals surface area contributed by atoms with Gasteiger partial charge in [-0.3, -0.25) is 4.79 Å². The smallest absolute Gasteiger partial charge is 0.267 e. The molecule has 2 aromatic carbocycles. The van der Waals surface area contributed by atoms with Gasteiger partial charge in [0, 0.05) is 11.9 Å². The van der Waals surface area contributed by atoms with Gasteiger partial charge in [0.15, 0.2) is 11.5 Å². The van der Waals surface area contributed by atoms with Crippen molar-refractivity contribution in [2.45, 2.75) is 13.5 Å². The zero-order chi connectivity index (χ0) is 20.5. The van der Waals surface area contributed by atoms with Crippen molar-refractivity contribution >= 4 is 10.9 Å². The fourth-order valence-electron chi connectivity index (χ4n) is 3.39. The molecule has 8 heteroatoms. The molecule has 0 bridgehead atoms. The molecule has 2 aromatic heterocycles. The van der Waals surface area contributed by atoms with Crippen molar-refractivity contribution in [3.05, 3.63) is 52.8 Å². The lowest BCUT2D eigenvalue weighted by atomic mass is 10.1. The third-order valence-electron chi connectivity index (χ3n) is 4.75. The van der Waals surface area contributed by atoms with E-state index in [2.05, 4.69) is 10.1 Å². The predicted octanol–water partition coefficient (Wildman–Crippen LogP) is 3.46. The number of benzene rings is 2. The van der Waals surface area contributed by atoms with Gasteiger partial charge in [-0.15, -0.1) is 0 Å². The molecule has 4 aromatic rings. The Balaban J connectivity index is 1.93. The van der Waals surface area contributed by atoms with Crippen LogP contribution in [0.5, 0.6) is 17.2 Å². The molecule has 0 spiro atoms. The number of aryl methyl sites for hydroxylation is 1. The molecule has 0 fully saturated rings. The summed E-state index contributed by atoms with van der Waals surface area (Å²) in [5.41, 5.74) is 0.732. The van der Waals surface area contributed by atoms with E-state index in [0.717, 1.165) is 0 Å². The van der Waals surface area contributed by atoms with Crippen LogP contribution in [0.25, 0.3) is 33.7 Å². The minimum Gasteiger partial charge on any atom is -0.506 e. The number of fused-ring (bicyclic) bond motifs is 1. The van der Waals surface area contributed by atoms with Crippen LogP contribution in [0.2, 0.25) is 0 Å². The third-order valence-corrected chi connectivity index (χ3v) is 4.75. The molecule has 4 rings (SSSR count). The van der Waals surface area contributed by atoms with Crippen molar-refractivity contribution in [3.63, 3.8) is 0 Å². The number of pyridine rings is 1. The molecule has 0 atom stereocenters. The Bertz CT molecular complexity index is 1260. The van der Waals surface area contributed by atoms with Gasteiger partial charge >= 0.3 is 0 Å². The first-order chi connectivity index (χ1) is 14.1. The highest BCUT2D eigenvalue weighted by Gasteiger charge is 2.24. The second kappa shape index (κ2) is 7.31. The molecule has 0 saturated heterocycles. The molecule has 148 valence electrons. The summed E-state index contributed by atoms with van der Waals surface area (Å²) in [5, 5.41) is 15.3. The van der Waals surface area contributed by atoms with Crippen molar-refractivity contribution in [1.82, 2.24) is 14.7 Å². The second-order valence-corrected chi connectivity index (χ2v) is 6.25. The molecule has 2 heterocycles. The van der Waals surface area contributed by atoms with Gasteiger partial charge in [-0.1, -0.05) is 23.4 Å². The Morgan fingerprint density at radius 2 is 1.90 bits per heavy atom. The van der Waals surface area contributed by atoms with Gasteiger partial charge in [0.2, 0.25) is 5.82 Å². The highest BCUT2D eigenvalue weighted by Crippen LogP contribution is 2.38. The Morgan fingerprint density at radius 1 is 1.10 bits per heavy atom. The van der Waals surface area contributed by atoms with Crippen molar-refractivity contribution in [3.8, 4) is 40.1 Å². The lowest BCUT2D eigenvalue weighted by molar-refractivity contribution is 0.355. The van der Waals surface area contributed by atoms with Gasteiger partial charge in [0.1, 0.15) is 11.3 Å². The number of rotatable bonds is 5. The molecule has 0 aliphatic carbocycles. The SMILES string of the molecule is CCn1c(=O)c(-c2nc(-c3cccc(OC)c3OC)no2)c(O)c2ccccc21. The molecule has 1 N–H and O–H groups in total. The van der Waals surface area contributed by atoms with Crippen LogP contribution in [0.3, 0.4) is 0 Å². The molecular formula is C21H19N3O5. The standard InChI is InChI=1S/C21H19N3O5/c1-4-24-14-10-6-5-8-12(14)17(25)16(21(24)26)20-22-19(23-29-20)13-9-7-11-15(27-2)18(13)28-3/h5-11,25H,4H2,1-3H3. The van der Waals surface area contributed by atoms with Crippen LogP contribution in [0.15, 0.2) is 51.8 Å². The minimum absolute atomic E-state index is 0.0360. The molecule has 0 unspecified atom stereocenters. The number of methoxy groups -OCH3 is 2. The number of ether oxygens (including phenoxy) is 2. The highest BCUT2D eigenvalue weighted by molar-refractivity contribution is 5.91. The summed E-state index contributed by atoms with van der Waals surface area (Å²) in [5.74, 6) is 0.906.